The highest BCUT2D eigenvalue weighted by molar-refractivity contribution is 7.15. The maximum absolute atomic E-state index is 5.54. The van der Waals surface area contributed by atoms with Gasteiger partial charge in [0.15, 0.2) is 5.13 Å². The maximum Gasteiger partial charge on any atom is 0.185 e. The molecule has 0 amide bonds. The second-order valence-corrected chi connectivity index (χ2v) is 7.58. The van der Waals surface area contributed by atoms with Gasteiger partial charge < -0.3 is 14.5 Å². The number of anilines is 2. The van der Waals surface area contributed by atoms with Gasteiger partial charge in [0.25, 0.3) is 0 Å². The number of hydrogen-bond acceptors (Lipinski definition) is 7. The lowest BCUT2D eigenvalue weighted by molar-refractivity contribution is 0.112. The van der Waals surface area contributed by atoms with Crippen LogP contribution in [0.5, 0.6) is 0 Å². The molecule has 0 bridgehead atoms. The van der Waals surface area contributed by atoms with Crippen LogP contribution in [0.2, 0.25) is 0 Å². The van der Waals surface area contributed by atoms with Gasteiger partial charge >= 0.3 is 0 Å². The van der Waals surface area contributed by atoms with E-state index in [0.717, 1.165) is 57.1 Å². The molecule has 128 valence electrons. The molecule has 2 aliphatic heterocycles. The van der Waals surface area contributed by atoms with Crippen molar-refractivity contribution in [2.75, 3.05) is 36.5 Å². The summed E-state index contributed by atoms with van der Waals surface area (Å²) in [6.07, 6.45) is 4.86. The Kier molecular flexibility index (Phi) is 4.37. The number of aromatic nitrogens is 3. The van der Waals surface area contributed by atoms with Crippen LogP contribution in [0.1, 0.15) is 29.1 Å². The van der Waals surface area contributed by atoms with Crippen LogP contribution >= 0.6 is 11.3 Å². The van der Waals surface area contributed by atoms with E-state index in [1.165, 1.54) is 15.7 Å². The molecule has 2 aliphatic rings. The molecule has 2 aromatic heterocycles. The molecule has 4 rings (SSSR count). The Morgan fingerprint density at radius 2 is 2.12 bits per heavy atom. The summed E-state index contributed by atoms with van der Waals surface area (Å²) in [5, 5.41) is 1.17. The van der Waals surface area contributed by atoms with E-state index in [4.69, 9.17) is 9.72 Å². The van der Waals surface area contributed by atoms with E-state index in [1.807, 2.05) is 6.92 Å². The van der Waals surface area contributed by atoms with E-state index >= 15 is 0 Å². The Morgan fingerprint density at radius 1 is 1.29 bits per heavy atom. The van der Waals surface area contributed by atoms with Crippen molar-refractivity contribution >= 4 is 22.3 Å². The minimum Gasteiger partial charge on any atom is -0.375 e. The van der Waals surface area contributed by atoms with Gasteiger partial charge in [-0.25, -0.2) is 15.0 Å². The number of hydrogen-bond donors (Lipinski definition) is 0. The number of ether oxygens (including phenoxy) is 1. The van der Waals surface area contributed by atoms with Crippen LogP contribution in [0.25, 0.3) is 0 Å². The van der Waals surface area contributed by atoms with Crippen molar-refractivity contribution in [2.24, 2.45) is 0 Å². The zero-order valence-corrected chi connectivity index (χ0v) is 15.1. The Balaban J connectivity index is 1.40. The minimum absolute atomic E-state index is 0.522. The van der Waals surface area contributed by atoms with Crippen molar-refractivity contribution in [3.8, 4) is 0 Å². The third-order valence-corrected chi connectivity index (χ3v) is 6.05. The Morgan fingerprint density at radius 3 is 2.88 bits per heavy atom. The first kappa shape index (κ1) is 15.8. The minimum atomic E-state index is 0.522. The lowest BCUT2D eigenvalue weighted by Gasteiger charge is -2.37. The first-order valence-corrected chi connectivity index (χ1v) is 9.35. The van der Waals surface area contributed by atoms with Crippen LogP contribution in [0.3, 0.4) is 0 Å². The van der Waals surface area contributed by atoms with Gasteiger partial charge in [-0.2, -0.15) is 0 Å². The first-order valence-electron chi connectivity index (χ1n) is 8.53. The largest absolute Gasteiger partial charge is 0.375 e. The SMILES string of the molecule is Cc1cc(N(C)C2CCN(c3nc4c(s3)COCC4)CC2)ncn1. The quantitative estimate of drug-likeness (QED) is 0.852. The Labute approximate surface area is 146 Å². The molecule has 0 unspecified atom stereocenters. The van der Waals surface area contributed by atoms with Crippen molar-refractivity contribution in [1.29, 1.82) is 0 Å². The van der Waals surface area contributed by atoms with Crippen LogP contribution < -0.4 is 9.80 Å². The molecule has 1 fully saturated rings. The summed E-state index contributed by atoms with van der Waals surface area (Å²) in [4.78, 5) is 19.5. The number of fused-ring (bicyclic) bond motifs is 1. The summed E-state index contributed by atoms with van der Waals surface area (Å²) in [6.45, 7) is 5.65. The monoisotopic (exact) mass is 345 g/mol. The summed E-state index contributed by atoms with van der Waals surface area (Å²) in [7, 11) is 2.14. The lowest BCUT2D eigenvalue weighted by Crippen LogP contribution is -2.43. The summed E-state index contributed by atoms with van der Waals surface area (Å²) >= 11 is 1.81. The average molecular weight is 345 g/mol. The van der Waals surface area contributed by atoms with Crippen LogP contribution in [0, 0.1) is 6.92 Å². The molecule has 0 N–H and O–H groups in total. The molecule has 2 aromatic rings. The number of thiazole rings is 1. The molecule has 24 heavy (non-hydrogen) atoms. The average Bonchev–Trinajstić information content (AvgIpc) is 3.05. The zero-order valence-electron chi connectivity index (χ0n) is 14.2. The van der Waals surface area contributed by atoms with Crippen molar-refractivity contribution in [3.05, 3.63) is 28.7 Å². The van der Waals surface area contributed by atoms with Gasteiger partial charge in [0.05, 0.1) is 23.8 Å². The van der Waals surface area contributed by atoms with Crippen molar-refractivity contribution in [1.82, 2.24) is 15.0 Å². The van der Waals surface area contributed by atoms with Crippen LogP contribution in [-0.4, -0.2) is 47.7 Å². The second kappa shape index (κ2) is 6.64. The van der Waals surface area contributed by atoms with E-state index in [1.54, 1.807) is 17.7 Å². The van der Waals surface area contributed by atoms with Gasteiger partial charge in [0.1, 0.15) is 12.1 Å². The van der Waals surface area contributed by atoms with E-state index in [-0.39, 0.29) is 0 Å². The summed E-state index contributed by atoms with van der Waals surface area (Å²) in [5.74, 6) is 1.02. The van der Waals surface area contributed by atoms with Crippen LogP contribution in [0.15, 0.2) is 12.4 Å². The third-order valence-electron chi connectivity index (χ3n) is 4.92. The molecular formula is C17H23N5OS. The Hall–Kier alpha value is -1.73. The molecule has 4 heterocycles. The fourth-order valence-corrected chi connectivity index (χ4v) is 4.51. The standard InChI is InChI=1S/C17H23N5OS/c1-12-9-16(19-11-18-12)21(2)13-3-6-22(7-4-13)17-20-14-5-8-23-10-15(14)24-17/h9,11,13H,3-8,10H2,1-2H3. The number of nitrogens with zero attached hydrogens (tertiary/aromatic N) is 5. The second-order valence-electron chi connectivity index (χ2n) is 6.52. The summed E-state index contributed by atoms with van der Waals surface area (Å²) < 4.78 is 5.54. The fraction of sp³-hybridized carbons (Fsp3) is 0.588. The van der Waals surface area contributed by atoms with Gasteiger partial charge in [-0.1, -0.05) is 11.3 Å². The maximum atomic E-state index is 5.54. The summed E-state index contributed by atoms with van der Waals surface area (Å²) in [6, 6.07) is 2.58. The van der Waals surface area contributed by atoms with Crippen molar-refractivity contribution < 1.29 is 4.74 Å². The molecule has 0 radical (unpaired) electrons. The van der Waals surface area contributed by atoms with Crippen molar-refractivity contribution in [2.45, 2.75) is 38.8 Å². The number of aryl methyl sites for hydroxylation is 1. The molecule has 0 spiro atoms. The van der Waals surface area contributed by atoms with E-state index < -0.39 is 0 Å². The topological polar surface area (TPSA) is 54.4 Å². The number of rotatable bonds is 3. The number of piperidine rings is 1. The predicted molar refractivity (Wildman–Crippen MR) is 95.9 cm³/mol. The van der Waals surface area contributed by atoms with E-state index in [2.05, 4.69) is 32.9 Å². The first-order chi connectivity index (χ1) is 11.7. The molecule has 0 saturated carbocycles. The van der Waals surface area contributed by atoms with Gasteiger partial charge in [-0.15, -0.1) is 0 Å². The molecular weight excluding hydrogens is 322 g/mol. The predicted octanol–water partition coefficient (Wildman–Crippen LogP) is 2.42. The van der Waals surface area contributed by atoms with Gasteiger partial charge in [-0.05, 0) is 19.8 Å². The van der Waals surface area contributed by atoms with Gasteiger partial charge in [-0.3, -0.25) is 0 Å². The highest BCUT2D eigenvalue weighted by Gasteiger charge is 2.26. The highest BCUT2D eigenvalue weighted by Crippen LogP contribution is 2.32. The van der Waals surface area contributed by atoms with Crippen LogP contribution in [-0.2, 0) is 17.8 Å². The van der Waals surface area contributed by atoms with E-state index in [0.29, 0.717) is 6.04 Å². The van der Waals surface area contributed by atoms with Gasteiger partial charge in [0.2, 0.25) is 0 Å². The van der Waals surface area contributed by atoms with Gasteiger partial charge in [0, 0.05) is 44.4 Å². The molecule has 6 nitrogen and oxygen atoms in total. The zero-order chi connectivity index (χ0) is 16.5. The lowest BCUT2D eigenvalue weighted by atomic mass is 10.0. The molecule has 0 atom stereocenters. The van der Waals surface area contributed by atoms with E-state index in [9.17, 15) is 0 Å². The fourth-order valence-electron chi connectivity index (χ4n) is 3.41. The molecule has 7 heteroatoms. The molecule has 1 saturated heterocycles. The molecule has 0 aromatic carbocycles. The third kappa shape index (κ3) is 3.10. The highest BCUT2D eigenvalue weighted by atomic mass is 32.1. The summed E-state index contributed by atoms with van der Waals surface area (Å²) in [5.41, 5.74) is 2.26. The van der Waals surface area contributed by atoms with Crippen molar-refractivity contribution in [3.63, 3.8) is 0 Å². The van der Waals surface area contributed by atoms with Crippen LogP contribution in [0.4, 0.5) is 10.9 Å². The normalized spacial score (nSPS) is 18.5. The smallest absolute Gasteiger partial charge is 0.185 e. The molecule has 0 aliphatic carbocycles. The Bertz CT molecular complexity index is 687.